The molecule has 2 rings (SSSR count). The molecule has 0 heterocycles. The monoisotopic (exact) mass is 341 g/mol. The van der Waals surface area contributed by atoms with Gasteiger partial charge in [0.05, 0.1) is 6.10 Å². The Morgan fingerprint density at radius 3 is 2.32 bits per heavy atom. The Morgan fingerprint density at radius 2 is 1.64 bits per heavy atom. The summed E-state index contributed by atoms with van der Waals surface area (Å²) in [6.45, 7) is 1.51. The van der Waals surface area contributed by atoms with Crippen LogP contribution in [0, 0.1) is 0 Å². The molecule has 2 amide bonds. The van der Waals surface area contributed by atoms with Crippen LogP contribution in [0.1, 0.15) is 16.7 Å². The van der Waals surface area contributed by atoms with E-state index in [1.807, 2.05) is 62.6 Å². The van der Waals surface area contributed by atoms with E-state index in [4.69, 9.17) is 0 Å². The summed E-state index contributed by atoms with van der Waals surface area (Å²) < 4.78 is 0. The van der Waals surface area contributed by atoms with Crippen LogP contribution in [0.25, 0.3) is 0 Å². The molecule has 134 valence electrons. The lowest BCUT2D eigenvalue weighted by Gasteiger charge is -2.16. The van der Waals surface area contributed by atoms with E-state index in [1.54, 1.807) is 0 Å². The number of carbonyl (C=O) groups is 1. The average Bonchev–Trinajstić information content (AvgIpc) is 2.59. The molecule has 2 aromatic carbocycles. The topological polar surface area (TPSA) is 64.6 Å². The fraction of sp³-hybridized carbons (Fsp3) is 0.350. The highest BCUT2D eigenvalue weighted by Gasteiger charge is 2.09. The number of aliphatic hydroxyl groups is 1. The minimum atomic E-state index is -0.603. The number of nitrogens with one attached hydrogen (secondary N) is 2. The molecule has 5 heteroatoms. The average molecular weight is 341 g/mol. The molecule has 0 spiro atoms. The van der Waals surface area contributed by atoms with E-state index in [0.717, 1.165) is 17.7 Å². The van der Waals surface area contributed by atoms with Crippen LogP contribution in [-0.2, 0) is 19.5 Å². The van der Waals surface area contributed by atoms with Gasteiger partial charge in [-0.05, 0) is 30.8 Å². The summed E-state index contributed by atoms with van der Waals surface area (Å²) in [5.41, 5.74) is 3.34. The minimum Gasteiger partial charge on any atom is -0.391 e. The van der Waals surface area contributed by atoms with E-state index in [9.17, 15) is 9.90 Å². The molecule has 0 saturated heterocycles. The Bertz CT molecular complexity index is 659. The highest BCUT2D eigenvalue weighted by Crippen LogP contribution is 2.10. The second kappa shape index (κ2) is 9.81. The Balaban J connectivity index is 1.75. The summed E-state index contributed by atoms with van der Waals surface area (Å²) in [6.07, 6.45) is -0.0820. The van der Waals surface area contributed by atoms with Gasteiger partial charge in [0, 0.05) is 26.1 Å². The van der Waals surface area contributed by atoms with E-state index in [-0.39, 0.29) is 12.6 Å². The van der Waals surface area contributed by atoms with Crippen molar-refractivity contribution in [1.82, 2.24) is 15.5 Å². The second-order valence-corrected chi connectivity index (χ2v) is 6.41. The number of carbonyl (C=O) groups excluding carboxylic acids is 1. The first-order valence-corrected chi connectivity index (χ1v) is 8.50. The van der Waals surface area contributed by atoms with Crippen LogP contribution < -0.4 is 10.6 Å². The zero-order valence-electron chi connectivity index (χ0n) is 14.9. The number of nitrogens with zero attached hydrogens (tertiary/aromatic N) is 1. The smallest absolute Gasteiger partial charge is 0.315 e. The lowest BCUT2D eigenvalue weighted by molar-refractivity contribution is 0.170. The highest BCUT2D eigenvalue weighted by molar-refractivity contribution is 5.73. The van der Waals surface area contributed by atoms with Gasteiger partial charge < -0.3 is 20.6 Å². The van der Waals surface area contributed by atoms with Crippen molar-refractivity contribution in [3.63, 3.8) is 0 Å². The van der Waals surface area contributed by atoms with Gasteiger partial charge in [0.25, 0.3) is 0 Å². The summed E-state index contributed by atoms with van der Waals surface area (Å²) >= 11 is 0. The molecule has 0 aliphatic heterocycles. The SMILES string of the molecule is CN(C)Cc1ccccc1CNC(=O)NCC(O)Cc1ccccc1. The van der Waals surface area contributed by atoms with Crippen molar-refractivity contribution >= 4 is 6.03 Å². The summed E-state index contributed by atoms with van der Waals surface area (Å²) in [5, 5.41) is 15.6. The largest absolute Gasteiger partial charge is 0.391 e. The molecule has 0 aliphatic rings. The summed E-state index contributed by atoms with van der Waals surface area (Å²) in [4.78, 5) is 14.1. The predicted octanol–water partition coefficient (Wildman–Crippen LogP) is 2.15. The zero-order chi connectivity index (χ0) is 18.1. The number of amides is 2. The van der Waals surface area contributed by atoms with Crippen LogP contribution in [0.2, 0.25) is 0 Å². The van der Waals surface area contributed by atoms with Gasteiger partial charge in [-0.15, -0.1) is 0 Å². The van der Waals surface area contributed by atoms with Crippen molar-refractivity contribution in [2.24, 2.45) is 0 Å². The molecule has 0 bridgehead atoms. The molecule has 5 nitrogen and oxygen atoms in total. The minimum absolute atomic E-state index is 0.222. The summed E-state index contributed by atoms with van der Waals surface area (Å²) in [5.74, 6) is 0. The van der Waals surface area contributed by atoms with Crippen LogP contribution in [0.4, 0.5) is 4.79 Å². The lowest BCUT2D eigenvalue weighted by atomic mass is 10.1. The number of hydrogen-bond donors (Lipinski definition) is 3. The Hall–Kier alpha value is -2.37. The second-order valence-electron chi connectivity index (χ2n) is 6.41. The van der Waals surface area contributed by atoms with Crippen molar-refractivity contribution in [3.05, 3.63) is 71.3 Å². The first-order chi connectivity index (χ1) is 12.0. The molecule has 1 unspecified atom stereocenters. The van der Waals surface area contributed by atoms with Crippen molar-refractivity contribution < 1.29 is 9.90 Å². The molecule has 25 heavy (non-hydrogen) atoms. The Kier molecular flexibility index (Phi) is 7.44. The van der Waals surface area contributed by atoms with Gasteiger partial charge in [0.15, 0.2) is 0 Å². The van der Waals surface area contributed by atoms with Gasteiger partial charge >= 0.3 is 6.03 Å². The molecule has 0 fully saturated rings. The van der Waals surface area contributed by atoms with Crippen molar-refractivity contribution in [2.75, 3.05) is 20.6 Å². The first kappa shape index (κ1) is 19.0. The Morgan fingerprint density at radius 1 is 1.00 bits per heavy atom. The number of rotatable bonds is 8. The molecule has 0 saturated carbocycles. The van der Waals surface area contributed by atoms with Crippen LogP contribution in [0.3, 0.4) is 0 Å². The number of aliphatic hydroxyl groups excluding tert-OH is 1. The predicted molar refractivity (Wildman–Crippen MR) is 100 cm³/mol. The summed E-state index contributed by atoms with van der Waals surface area (Å²) in [7, 11) is 4.04. The van der Waals surface area contributed by atoms with Gasteiger partial charge in [-0.3, -0.25) is 0 Å². The van der Waals surface area contributed by atoms with Crippen molar-refractivity contribution in [2.45, 2.75) is 25.6 Å². The molecule has 3 N–H and O–H groups in total. The van der Waals surface area contributed by atoms with E-state index < -0.39 is 6.10 Å². The maximum absolute atomic E-state index is 12.0. The molecule has 0 aromatic heterocycles. The fourth-order valence-electron chi connectivity index (χ4n) is 2.63. The maximum Gasteiger partial charge on any atom is 0.315 e. The van der Waals surface area contributed by atoms with Crippen LogP contribution in [-0.4, -0.2) is 42.8 Å². The fourth-order valence-corrected chi connectivity index (χ4v) is 2.63. The molecule has 0 radical (unpaired) electrons. The third-order valence-corrected chi connectivity index (χ3v) is 3.86. The number of hydrogen-bond acceptors (Lipinski definition) is 3. The highest BCUT2D eigenvalue weighted by atomic mass is 16.3. The normalized spacial score (nSPS) is 12.0. The van der Waals surface area contributed by atoms with Gasteiger partial charge in [-0.1, -0.05) is 54.6 Å². The van der Waals surface area contributed by atoms with Crippen LogP contribution in [0.15, 0.2) is 54.6 Å². The first-order valence-electron chi connectivity index (χ1n) is 8.50. The van der Waals surface area contributed by atoms with Crippen molar-refractivity contribution in [3.8, 4) is 0 Å². The van der Waals surface area contributed by atoms with Gasteiger partial charge in [0.1, 0.15) is 0 Å². The third-order valence-electron chi connectivity index (χ3n) is 3.86. The van der Waals surface area contributed by atoms with Gasteiger partial charge in [-0.25, -0.2) is 4.79 Å². The van der Waals surface area contributed by atoms with E-state index in [2.05, 4.69) is 21.6 Å². The number of urea groups is 1. The van der Waals surface area contributed by atoms with E-state index in [0.29, 0.717) is 13.0 Å². The summed E-state index contributed by atoms with van der Waals surface area (Å²) in [6, 6.07) is 17.5. The standard InChI is InChI=1S/C20H27N3O2/c1-23(2)15-18-11-7-6-10-17(18)13-21-20(25)22-14-19(24)12-16-8-4-3-5-9-16/h3-11,19,24H,12-15H2,1-2H3,(H2,21,22,25). The quantitative estimate of drug-likeness (QED) is 0.689. The zero-order valence-corrected chi connectivity index (χ0v) is 14.9. The van der Waals surface area contributed by atoms with Crippen LogP contribution >= 0.6 is 0 Å². The van der Waals surface area contributed by atoms with Gasteiger partial charge in [0.2, 0.25) is 0 Å². The number of benzene rings is 2. The van der Waals surface area contributed by atoms with Gasteiger partial charge in [-0.2, -0.15) is 0 Å². The molecule has 2 aromatic rings. The molecule has 0 aliphatic carbocycles. The molecular weight excluding hydrogens is 314 g/mol. The lowest BCUT2D eigenvalue weighted by Crippen LogP contribution is -2.40. The molecule has 1 atom stereocenters. The Labute approximate surface area is 149 Å². The molecular formula is C20H27N3O2. The van der Waals surface area contributed by atoms with Crippen LogP contribution in [0.5, 0.6) is 0 Å². The van der Waals surface area contributed by atoms with E-state index in [1.165, 1.54) is 5.56 Å². The van der Waals surface area contributed by atoms with E-state index >= 15 is 0 Å². The van der Waals surface area contributed by atoms with Crippen molar-refractivity contribution in [1.29, 1.82) is 0 Å². The maximum atomic E-state index is 12.0. The third kappa shape index (κ3) is 6.95.